The van der Waals surface area contributed by atoms with Crippen LogP contribution in [0.25, 0.3) is 5.65 Å². The average molecular weight is 363 g/mol. The first kappa shape index (κ1) is 18.2. The molecule has 0 unspecified atom stereocenters. The predicted octanol–water partition coefficient (Wildman–Crippen LogP) is 3.59. The third-order valence-electron chi connectivity index (χ3n) is 4.73. The summed E-state index contributed by atoms with van der Waals surface area (Å²) in [6.45, 7) is 10.7. The van der Waals surface area contributed by atoms with Gasteiger partial charge in [-0.3, -0.25) is 9.20 Å². The number of amides is 1. The molecule has 2 aromatic heterocycles. The summed E-state index contributed by atoms with van der Waals surface area (Å²) in [4.78, 5) is 17.6. The second-order valence-corrected chi connectivity index (χ2v) is 8.74. The molecule has 1 aliphatic rings. The Labute approximate surface area is 154 Å². The number of piperidine rings is 1. The Morgan fingerprint density at radius 3 is 2.56 bits per heavy atom. The van der Waals surface area contributed by atoms with E-state index in [0.717, 1.165) is 24.2 Å². The van der Waals surface area contributed by atoms with E-state index in [1.807, 2.05) is 13.0 Å². The summed E-state index contributed by atoms with van der Waals surface area (Å²) in [7, 11) is 0. The molecule has 3 heterocycles. The molecule has 1 saturated heterocycles. The molecule has 0 spiro atoms. The van der Waals surface area contributed by atoms with E-state index < -0.39 is 0 Å². The standard InChI is InChI=1S/C19H27ClN4O/c1-6-14-16(24-11-12(20)7-8-15(24)22-14)17(25)21-13-9-18(2,3)23-19(4,5)10-13/h7-8,11,13,23H,6,9-10H2,1-5H3,(H,21,25). The number of nitrogens with one attached hydrogen (secondary N) is 2. The van der Waals surface area contributed by atoms with E-state index in [4.69, 9.17) is 11.6 Å². The lowest BCUT2D eigenvalue weighted by Crippen LogP contribution is -2.62. The number of rotatable bonds is 3. The van der Waals surface area contributed by atoms with Gasteiger partial charge in [-0.1, -0.05) is 18.5 Å². The smallest absolute Gasteiger partial charge is 0.270 e. The van der Waals surface area contributed by atoms with Crippen LogP contribution in [0.15, 0.2) is 18.3 Å². The molecule has 0 aromatic carbocycles. The fourth-order valence-electron chi connectivity index (χ4n) is 4.23. The highest BCUT2D eigenvalue weighted by Crippen LogP contribution is 2.29. The number of fused-ring (bicyclic) bond motifs is 1. The van der Waals surface area contributed by atoms with E-state index in [1.165, 1.54) is 0 Å². The molecule has 1 fully saturated rings. The number of aryl methyl sites for hydroxylation is 1. The number of hydrogen-bond donors (Lipinski definition) is 2. The minimum atomic E-state index is -0.0786. The van der Waals surface area contributed by atoms with Gasteiger partial charge >= 0.3 is 0 Å². The Hall–Kier alpha value is -1.59. The minimum Gasteiger partial charge on any atom is -0.348 e. The van der Waals surface area contributed by atoms with Gasteiger partial charge in [0, 0.05) is 23.3 Å². The van der Waals surface area contributed by atoms with Crippen LogP contribution >= 0.6 is 11.6 Å². The first-order chi connectivity index (χ1) is 11.6. The van der Waals surface area contributed by atoms with Crippen LogP contribution in [0.5, 0.6) is 0 Å². The molecule has 2 aromatic rings. The van der Waals surface area contributed by atoms with Crippen LogP contribution in [0.3, 0.4) is 0 Å². The third kappa shape index (κ3) is 3.82. The first-order valence-electron chi connectivity index (χ1n) is 8.87. The van der Waals surface area contributed by atoms with Gasteiger partial charge in [-0.25, -0.2) is 4.98 Å². The molecule has 1 amide bonds. The van der Waals surface area contributed by atoms with Gasteiger partial charge in [-0.05, 0) is 59.1 Å². The van der Waals surface area contributed by atoms with E-state index in [9.17, 15) is 4.79 Å². The Morgan fingerprint density at radius 1 is 1.32 bits per heavy atom. The zero-order chi connectivity index (χ0) is 18.4. The van der Waals surface area contributed by atoms with Crippen molar-refractivity contribution in [1.82, 2.24) is 20.0 Å². The van der Waals surface area contributed by atoms with Crippen LogP contribution in [0.2, 0.25) is 5.02 Å². The van der Waals surface area contributed by atoms with Crippen LogP contribution in [-0.2, 0) is 6.42 Å². The van der Waals surface area contributed by atoms with Crippen molar-refractivity contribution in [3.8, 4) is 0 Å². The summed E-state index contributed by atoms with van der Waals surface area (Å²) in [6.07, 6.45) is 4.24. The normalized spacial score (nSPS) is 19.9. The zero-order valence-electron chi connectivity index (χ0n) is 15.6. The van der Waals surface area contributed by atoms with Gasteiger partial charge in [-0.2, -0.15) is 0 Å². The lowest BCUT2D eigenvalue weighted by atomic mass is 9.79. The summed E-state index contributed by atoms with van der Waals surface area (Å²) in [5.41, 5.74) is 2.10. The molecule has 3 rings (SSSR count). The number of nitrogens with zero attached hydrogens (tertiary/aromatic N) is 2. The molecule has 25 heavy (non-hydrogen) atoms. The number of aromatic nitrogens is 2. The summed E-state index contributed by atoms with van der Waals surface area (Å²) in [5, 5.41) is 7.47. The number of halogens is 1. The second kappa shape index (κ2) is 6.29. The Balaban J connectivity index is 1.91. The van der Waals surface area contributed by atoms with Crippen LogP contribution in [0, 0.1) is 0 Å². The zero-order valence-corrected chi connectivity index (χ0v) is 16.4. The molecule has 0 atom stereocenters. The van der Waals surface area contributed by atoms with E-state index in [0.29, 0.717) is 17.1 Å². The molecule has 2 N–H and O–H groups in total. The average Bonchev–Trinajstić information content (AvgIpc) is 2.81. The maximum Gasteiger partial charge on any atom is 0.270 e. The Kier molecular flexibility index (Phi) is 4.58. The highest BCUT2D eigenvalue weighted by Gasteiger charge is 2.38. The molecule has 0 saturated carbocycles. The summed E-state index contributed by atoms with van der Waals surface area (Å²) >= 11 is 6.13. The summed E-state index contributed by atoms with van der Waals surface area (Å²) < 4.78 is 1.80. The van der Waals surface area contributed by atoms with Crippen molar-refractivity contribution in [2.75, 3.05) is 0 Å². The number of carbonyl (C=O) groups is 1. The monoisotopic (exact) mass is 362 g/mol. The van der Waals surface area contributed by atoms with Gasteiger partial charge in [0.2, 0.25) is 0 Å². The molecular weight excluding hydrogens is 336 g/mol. The van der Waals surface area contributed by atoms with Gasteiger partial charge in [0.1, 0.15) is 11.3 Å². The van der Waals surface area contributed by atoms with E-state index in [1.54, 1.807) is 16.7 Å². The van der Waals surface area contributed by atoms with Crippen LogP contribution in [-0.4, -0.2) is 32.4 Å². The topological polar surface area (TPSA) is 58.4 Å². The lowest BCUT2D eigenvalue weighted by molar-refractivity contribution is 0.0866. The molecule has 136 valence electrons. The highest BCUT2D eigenvalue weighted by molar-refractivity contribution is 6.30. The quantitative estimate of drug-likeness (QED) is 0.877. The maximum absolute atomic E-state index is 13.1. The molecular formula is C19H27ClN4O. The molecule has 0 radical (unpaired) electrons. The number of carbonyl (C=O) groups excluding carboxylic acids is 1. The lowest BCUT2D eigenvalue weighted by Gasteiger charge is -2.46. The van der Waals surface area contributed by atoms with Crippen LogP contribution in [0.1, 0.15) is 63.6 Å². The van der Waals surface area contributed by atoms with Gasteiger partial charge in [0.05, 0.1) is 10.7 Å². The van der Waals surface area contributed by atoms with Crippen molar-refractivity contribution in [2.45, 2.75) is 71.0 Å². The Bertz CT molecular complexity index is 793. The van der Waals surface area contributed by atoms with Crippen molar-refractivity contribution in [1.29, 1.82) is 0 Å². The van der Waals surface area contributed by atoms with E-state index >= 15 is 0 Å². The molecule has 1 aliphatic heterocycles. The summed E-state index contributed by atoms with van der Waals surface area (Å²) in [5.74, 6) is -0.0786. The van der Waals surface area contributed by atoms with Gasteiger partial charge in [0.25, 0.3) is 5.91 Å². The fraction of sp³-hybridized carbons (Fsp3) is 0.579. The fourth-order valence-corrected chi connectivity index (χ4v) is 4.39. The predicted molar refractivity (Wildman–Crippen MR) is 101 cm³/mol. The van der Waals surface area contributed by atoms with Gasteiger partial charge in [-0.15, -0.1) is 0 Å². The SMILES string of the molecule is CCc1nc2ccc(Cl)cn2c1C(=O)NC1CC(C)(C)NC(C)(C)C1. The number of imidazole rings is 1. The second-order valence-electron chi connectivity index (χ2n) is 8.31. The number of pyridine rings is 1. The first-order valence-corrected chi connectivity index (χ1v) is 9.25. The minimum absolute atomic E-state index is 0.0178. The molecule has 0 bridgehead atoms. The maximum atomic E-state index is 13.1. The third-order valence-corrected chi connectivity index (χ3v) is 4.95. The number of hydrogen-bond acceptors (Lipinski definition) is 3. The summed E-state index contributed by atoms with van der Waals surface area (Å²) in [6, 6.07) is 3.76. The van der Waals surface area contributed by atoms with Crippen LogP contribution in [0.4, 0.5) is 0 Å². The molecule has 5 nitrogen and oxygen atoms in total. The Morgan fingerprint density at radius 2 is 1.96 bits per heavy atom. The van der Waals surface area contributed by atoms with Crippen LogP contribution < -0.4 is 10.6 Å². The van der Waals surface area contributed by atoms with Crippen molar-refractivity contribution in [2.24, 2.45) is 0 Å². The highest BCUT2D eigenvalue weighted by atomic mass is 35.5. The van der Waals surface area contributed by atoms with Crippen molar-refractivity contribution in [3.05, 3.63) is 34.7 Å². The van der Waals surface area contributed by atoms with Crippen molar-refractivity contribution >= 4 is 23.2 Å². The van der Waals surface area contributed by atoms with E-state index in [2.05, 4.69) is 43.3 Å². The largest absolute Gasteiger partial charge is 0.348 e. The molecule has 0 aliphatic carbocycles. The molecule has 6 heteroatoms. The van der Waals surface area contributed by atoms with Gasteiger partial charge in [0.15, 0.2) is 0 Å². The van der Waals surface area contributed by atoms with Crippen molar-refractivity contribution in [3.63, 3.8) is 0 Å². The van der Waals surface area contributed by atoms with Gasteiger partial charge < -0.3 is 10.6 Å². The van der Waals surface area contributed by atoms with Crippen molar-refractivity contribution < 1.29 is 4.79 Å². The van der Waals surface area contributed by atoms with E-state index in [-0.39, 0.29) is 23.0 Å².